The van der Waals surface area contributed by atoms with Crippen LogP contribution in [0.4, 0.5) is 0 Å². The lowest BCUT2D eigenvalue weighted by molar-refractivity contribution is -0.0154. The number of aromatic nitrogens is 4. The molecule has 1 aromatic heterocycles. The van der Waals surface area contributed by atoms with E-state index in [4.69, 9.17) is 31.5 Å². The van der Waals surface area contributed by atoms with E-state index in [0.29, 0.717) is 23.5 Å². The quantitative estimate of drug-likeness (QED) is 0.202. The Balaban J connectivity index is 1.33. The van der Waals surface area contributed by atoms with Gasteiger partial charge in [0.05, 0.1) is 12.2 Å². The van der Waals surface area contributed by atoms with Crippen molar-refractivity contribution in [2.45, 2.75) is 50.7 Å². The summed E-state index contributed by atoms with van der Waals surface area (Å²) in [6.45, 7) is 0.637. The molecule has 0 aliphatic carbocycles. The zero-order chi connectivity index (χ0) is 24.5. The lowest BCUT2D eigenvalue weighted by atomic mass is 10.0. The molecular formula is C25H30ClN5O4. The number of hydrogen-bond donors (Lipinski definition) is 2. The number of benzene rings is 2. The standard InChI is InChI=1S/C25H30ClN5O4/c26-15-6-4-2-1-3-5-7-16-33-19-13-11-18(12-14-19)22(32)20-9-8-10-21-23(20)35-25(27,17-34-21)24-28-30-31-29-24/h8-14H,1-7,15-17,27H2,(H,28,29,30,31). The van der Waals surface area contributed by atoms with E-state index >= 15 is 0 Å². The summed E-state index contributed by atoms with van der Waals surface area (Å²) in [7, 11) is 0. The molecule has 1 unspecified atom stereocenters. The van der Waals surface area contributed by atoms with Crippen LogP contribution in [0.1, 0.15) is 66.7 Å². The van der Waals surface area contributed by atoms with Gasteiger partial charge in [0.15, 0.2) is 17.3 Å². The normalized spacial score (nSPS) is 16.7. The molecule has 0 fully saturated rings. The average Bonchev–Trinajstić information content (AvgIpc) is 3.44. The van der Waals surface area contributed by atoms with Gasteiger partial charge in [-0.3, -0.25) is 10.5 Å². The molecule has 2 heterocycles. The van der Waals surface area contributed by atoms with Crippen molar-refractivity contribution in [3.63, 3.8) is 0 Å². The van der Waals surface area contributed by atoms with Gasteiger partial charge in [0.25, 0.3) is 5.72 Å². The number of aromatic amines is 1. The van der Waals surface area contributed by atoms with Gasteiger partial charge in [-0.25, -0.2) is 0 Å². The van der Waals surface area contributed by atoms with Crippen molar-refractivity contribution in [3.8, 4) is 17.2 Å². The van der Waals surface area contributed by atoms with E-state index in [1.165, 1.54) is 25.7 Å². The number of ketones is 1. The first kappa shape index (κ1) is 24.9. The Morgan fingerprint density at radius 3 is 2.51 bits per heavy atom. The Morgan fingerprint density at radius 2 is 1.80 bits per heavy atom. The lowest BCUT2D eigenvalue weighted by Gasteiger charge is -2.33. The van der Waals surface area contributed by atoms with E-state index in [2.05, 4.69) is 20.6 Å². The first-order valence-electron chi connectivity index (χ1n) is 11.9. The van der Waals surface area contributed by atoms with E-state index in [0.717, 1.165) is 30.9 Å². The number of halogens is 1. The van der Waals surface area contributed by atoms with Crippen LogP contribution in [0.3, 0.4) is 0 Å². The van der Waals surface area contributed by atoms with Gasteiger partial charge in [-0.2, -0.15) is 5.21 Å². The summed E-state index contributed by atoms with van der Waals surface area (Å²) in [5, 5.41) is 13.7. The van der Waals surface area contributed by atoms with Gasteiger partial charge in [0, 0.05) is 11.4 Å². The third-order valence-electron chi connectivity index (χ3n) is 5.84. The summed E-state index contributed by atoms with van der Waals surface area (Å²) in [6.07, 6.45) is 8.16. The summed E-state index contributed by atoms with van der Waals surface area (Å²) in [6, 6.07) is 12.2. The van der Waals surface area contributed by atoms with E-state index in [1.807, 2.05) is 0 Å². The van der Waals surface area contributed by atoms with Crippen LogP contribution in [0.25, 0.3) is 0 Å². The van der Waals surface area contributed by atoms with Gasteiger partial charge in [0.1, 0.15) is 12.4 Å². The number of nitrogens with one attached hydrogen (secondary N) is 1. The summed E-state index contributed by atoms with van der Waals surface area (Å²) >= 11 is 5.70. The van der Waals surface area contributed by atoms with Crippen LogP contribution < -0.4 is 19.9 Å². The average molecular weight is 500 g/mol. The Kier molecular flexibility index (Phi) is 8.54. The molecule has 0 spiro atoms. The molecule has 9 nitrogen and oxygen atoms in total. The molecule has 0 radical (unpaired) electrons. The summed E-state index contributed by atoms with van der Waals surface area (Å²) in [5.41, 5.74) is 5.68. The van der Waals surface area contributed by atoms with Gasteiger partial charge in [-0.1, -0.05) is 38.2 Å². The molecule has 0 saturated heterocycles. The fraction of sp³-hybridized carbons (Fsp3) is 0.440. The zero-order valence-electron chi connectivity index (χ0n) is 19.5. The highest BCUT2D eigenvalue weighted by atomic mass is 35.5. The molecule has 186 valence electrons. The van der Waals surface area contributed by atoms with Crippen LogP contribution >= 0.6 is 11.6 Å². The van der Waals surface area contributed by atoms with Gasteiger partial charge in [0.2, 0.25) is 5.82 Å². The van der Waals surface area contributed by atoms with Crippen LogP contribution in [0.15, 0.2) is 42.5 Å². The van der Waals surface area contributed by atoms with E-state index < -0.39 is 5.72 Å². The Morgan fingerprint density at radius 1 is 1.06 bits per heavy atom. The highest BCUT2D eigenvalue weighted by Crippen LogP contribution is 2.40. The number of rotatable bonds is 13. The van der Waals surface area contributed by atoms with E-state index in [9.17, 15) is 4.79 Å². The Bertz CT molecular complexity index is 1090. The Hall–Kier alpha value is -3.17. The topological polar surface area (TPSA) is 125 Å². The number of nitrogens with two attached hydrogens (primary N) is 1. The molecule has 1 aliphatic heterocycles. The molecule has 2 aromatic carbocycles. The molecule has 0 saturated carbocycles. The van der Waals surface area contributed by atoms with Crippen LogP contribution in [0.5, 0.6) is 17.2 Å². The third-order valence-corrected chi connectivity index (χ3v) is 6.10. The second-order valence-electron chi connectivity index (χ2n) is 8.51. The number of nitrogens with zero attached hydrogens (tertiary/aromatic N) is 3. The first-order valence-corrected chi connectivity index (χ1v) is 12.5. The predicted molar refractivity (Wildman–Crippen MR) is 131 cm³/mol. The fourth-order valence-corrected chi connectivity index (χ4v) is 4.08. The van der Waals surface area contributed by atoms with Crippen molar-refractivity contribution >= 4 is 17.4 Å². The molecule has 0 amide bonds. The number of hydrogen-bond acceptors (Lipinski definition) is 8. The highest BCUT2D eigenvalue weighted by molar-refractivity contribution is 6.17. The molecule has 1 aliphatic rings. The molecule has 0 bridgehead atoms. The second-order valence-corrected chi connectivity index (χ2v) is 8.89. The van der Waals surface area contributed by atoms with Gasteiger partial charge in [-0.05, 0) is 54.5 Å². The first-order chi connectivity index (χ1) is 17.1. The molecule has 4 rings (SSSR count). The second kappa shape index (κ2) is 12.0. The third kappa shape index (κ3) is 6.29. The largest absolute Gasteiger partial charge is 0.494 e. The summed E-state index contributed by atoms with van der Waals surface area (Å²) in [5.74, 6) is 2.08. The Labute approximate surface area is 209 Å². The maximum absolute atomic E-state index is 13.3. The van der Waals surface area contributed by atoms with Gasteiger partial charge < -0.3 is 14.2 Å². The number of alkyl halides is 1. The minimum Gasteiger partial charge on any atom is -0.494 e. The fourth-order valence-electron chi connectivity index (χ4n) is 3.89. The molecule has 3 aromatic rings. The number of H-pyrrole nitrogens is 1. The number of ether oxygens (including phenoxy) is 3. The minimum atomic E-state index is -1.46. The van der Waals surface area contributed by atoms with Crippen LogP contribution in [0, 0.1) is 0 Å². The molecular weight excluding hydrogens is 470 g/mol. The van der Waals surface area contributed by atoms with Crippen molar-refractivity contribution in [2.24, 2.45) is 5.73 Å². The van der Waals surface area contributed by atoms with Gasteiger partial charge in [-0.15, -0.1) is 21.8 Å². The van der Waals surface area contributed by atoms with Crippen molar-refractivity contribution in [2.75, 3.05) is 19.1 Å². The molecule has 35 heavy (non-hydrogen) atoms. The van der Waals surface area contributed by atoms with Crippen molar-refractivity contribution in [1.82, 2.24) is 20.6 Å². The monoisotopic (exact) mass is 499 g/mol. The zero-order valence-corrected chi connectivity index (χ0v) is 20.3. The summed E-state index contributed by atoms with van der Waals surface area (Å²) in [4.78, 5) is 13.3. The van der Waals surface area contributed by atoms with Crippen molar-refractivity contribution in [3.05, 3.63) is 59.4 Å². The van der Waals surface area contributed by atoms with E-state index in [-0.39, 0.29) is 24.0 Å². The number of unbranched alkanes of at least 4 members (excludes halogenated alkanes) is 6. The van der Waals surface area contributed by atoms with Crippen LogP contribution in [-0.2, 0) is 5.72 Å². The molecule has 10 heteroatoms. The molecule has 1 atom stereocenters. The van der Waals surface area contributed by atoms with Gasteiger partial charge >= 0.3 is 0 Å². The minimum absolute atomic E-state index is 0.0166. The SMILES string of the molecule is NC1(c2nn[nH]n2)COc2cccc(C(=O)c3ccc(OCCCCCCCCCCl)cc3)c2O1. The highest BCUT2D eigenvalue weighted by Gasteiger charge is 2.41. The molecule has 3 N–H and O–H groups in total. The number of carbonyl (C=O) groups is 1. The van der Waals surface area contributed by atoms with Crippen LogP contribution in [-0.4, -0.2) is 45.5 Å². The number of fused-ring (bicyclic) bond motifs is 1. The van der Waals surface area contributed by atoms with Crippen molar-refractivity contribution < 1.29 is 19.0 Å². The predicted octanol–water partition coefficient (Wildman–Crippen LogP) is 4.36. The summed E-state index contributed by atoms with van der Waals surface area (Å²) < 4.78 is 17.6. The number of tetrazole rings is 1. The van der Waals surface area contributed by atoms with Crippen LogP contribution in [0.2, 0.25) is 0 Å². The smallest absolute Gasteiger partial charge is 0.257 e. The van der Waals surface area contributed by atoms with E-state index in [1.54, 1.807) is 42.5 Å². The lowest BCUT2D eigenvalue weighted by Crippen LogP contribution is -2.51. The van der Waals surface area contributed by atoms with Crippen molar-refractivity contribution in [1.29, 1.82) is 0 Å². The maximum atomic E-state index is 13.3. The number of carbonyl (C=O) groups excluding carboxylic acids is 1. The maximum Gasteiger partial charge on any atom is 0.257 e. The number of para-hydroxylation sites is 1.